The first-order valence-electron chi connectivity index (χ1n) is 19.5. The predicted octanol–water partition coefficient (Wildman–Crippen LogP) is -6.54. The van der Waals surface area contributed by atoms with Crippen LogP contribution >= 0.6 is 0 Å². The summed E-state index contributed by atoms with van der Waals surface area (Å²) >= 11 is 0. The summed E-state index contributed by atoms with van der Waals surface area (Å²) in [5.74, 6) is -6.74. The van der Waals surface area contributed by atoms with E-state index in [1.54, 1.807) is 13.8 Å². The Balaban J connectivity index is 6.76. The van der Waals surface area contributed by atoms with Crippen molar-refractivity contribution in [3.63, 3.8) is 0 Å². The number of guanidine groups is 4. The number of aliphatic imine (C=N–C) groups is 4. The van der Waals surface area contributed by atoms with Gasteiger partial charge in [0.15, 0.2) is 23.8 Å². The molecule has 0 aromatic carbocycles. The Bertz CT molecular complexity index is 1510. The number of nitrogens with zero attached hydrogens (tertiary/aromatic N) is 4. The van der Waals surface area contributed by atoms with Crippen LogP contribution in [0.15, 0.2) is 20.0 Å². The second-order valence-corrected chi connectivity index (χ2v) is 14.0. The van der Waals surface area contributed by atoms with Gasteiger partial charge in [0.25, 0.3) is 0 Å². The van der Waals surface area contributed by atoms with Crippen molar-refractivity contribution in [1.29, 1.82) is 0 Å². The standard InChI is InChI=1S/C34H68N18O8/c1-4-17(2)24(30(59)60)52-28(57)22(12-8-16-47-34(42)43)50-26(55)20(10-6-14-45-32(38)39)48-25(54)19(9-5-13-44-31(36)37)49-27(56)21(11-7-15-46-33(40)41)51-29(58)23(35)18(3)53/h17-24,53H,4-16,35H2,1-3H3,(H,48,54)(H,49,56)(H,50,55)(H,51,58)(H,52,57)(H,59,60)(H4,36,37,44)(H4,38,39,45)(H4,40,41,46)(H4,42,43,47)/t17-,18+,19-,20-,21-,22-,23-,24-/m0/s1. The van der Waals surface area contributed by atoms with Gasteiger partial charge in [0.05, 0.1) is 6.10 Å². The lowest BCUT2D eigenvalue weighted by Gasteiger charge is -2.28. The maximum absolute atomic E-state index is 14.0. The molecule has 0 radical (unpaired) electrons. The number of carboxylic acid groups (broad SMARTS) is 1. The van der Waals surface area contributed by atoms with E-state index >= 15 is 0 Å². The zero-order valence-electron chi connectivity index (χ0n) is 34.6. The summed E-state index contributed by atoms with van der Waals surface area (Å²) in [5, 5.41) is 32.4. The first kappa shape index (κ1) is 53.8. The summed E-state index contributed by atoms with van der Waals surface area (Å²) in [6, 6.07) is -7.97. The molecule has 26 heteroatoms. The lowest BCUT2D eigenvalue weighted by atomic mass is 9.98. The van der Waals surface area contributed by atoms with Crippen molar-refractivity contribution >= 4 is 59.3 Å². The van der Waals surface area contributed by atoms with Crippen molar-refractivity contribution in [2.75, 3.05) is 26.2 Å². The van der Waals surface area contributed by atoms with Crippen molar-refractivity contribution < 1.29 is 39.0 Å². The minimum Gasteiger partial charge on any atom is -0.480 e. The van der Waals surface area contributed by atoms with Crippen molar-refractivity contribution in [3.8, 4) is 0 Å². The molecule has 0 unspecified atom stereocenters. The number of carbonyl (C=O) groups is 6. The summed E-state index contributed by atoms with van der Waals surface area (Å²) in [4.78, 5) is 95.7. The minimum atomic E-state index is -1.39. The molecule has 0 bridgehead atoms. The highest BCUT2D eigenvalue weighted by molar-refractivity contribution is 5.96. The largest absolute Gasteiger partial charge is 0.480 e. The zero-order valence-corrected chi connectivity index (χ0v) is 34.6. The van der Waals surface area contributed by atoms with E-state index in [2.05, 4.69) is 46.6 Å². The van der Waals surface area contributed by atoms with E-state index in [0.717, 1.165) is 0 Å². The average Bonchev–Trinajstić information content (AvgIpc) is 3.16. The highest BCUT2D eigenvalue weighted by Crippen LogP contribution is 2.11. The smallest absolute Gasteiger partial charge is 0.326 e. The van der Waals surface area contributed by atoms with Crippen molar-refractivity contribution in [2.24, 2.45) is 77.5 Å². The number of rotatable bonds is 30. The van der Waals surface area contributed by atoms with Crippen LogP contribution in [0, 0.1) is 5.92 Å². The van der Waals surface area contributed by atoms with E-state index in [0.29, 0.717) is 6.42 Å². The van der Waals surface area contributed by atoms with Gasteiger partial charge in [-0.2, -0.15) is 0 Å². The molecule has 26 nitrogen and oxygen atoms in total. The van der Waals surface area contributed by atoms with Crippen LogP contribution in [0.4, 0.5) is 0 Å². The fraction of sp³-hybridized carbons (Fsp3) is 0.706. The van der Waals surface area contributed by atoms with Crippen LogP contribution in [-0.2, 0) is 28.8 Å². The number of hydrogen-bond donors (Lipinski definition) is 16. The molecule has 0 aliphatic heterocycles. The van der Waals surface area contributed by atoms with Gasteiger partial charge in [-0.15, -0.1) is 0 Å². The normalized spacial score (nSPS) is 14.8. The Kier molecular flexibility index (Phi) is 26.1. The van der Waals surface area contributed by atoms with E-state index < -0.39 is 83.8 Å². The third-order valence-corrected chi connectivity index (χ3v) is 8.91. The fourth-order valence-electron chi connectivity index (χ4n) is 5.33. The molecule has 0 heterocycles. The van der Waals surface area contributed by atoms with Crippen LogP contribution in [0.1, 0.15) is 78.6 Å². The number of aliphatic hydroxyl groups is 1. The monoisotopic (exact) mass is 857 g/mol. The molecule has 60 heavy (non-hydrogen) atoms. The molecule has 0 aliphatic carbocycles. The van der Waals surface area contributed by atoms with Gasteiger partial charge >= 0.3 is 5.97 Å². The Hall–Kier alpha value is -6.18. The maximum atomic E-state index is 14.0. The first-order chi connectivity index (χ1) is 28.1. The molecule has 0 rings (SSSR count). The van der Waals surface area contributed by atoms with Crippen LogP contribution in [0.25, 0.3) is 0 Å². The average molecular weight is 857 g/mol. The Morgan fingerprint density at radius 3 is 1.00 bits per heavy atom. The molecule has 25 N–H and O–H groups in total. The van der Waals surface area contributed by atoms with Crippen LogP contribution in [0.2, 0.25) is 0 Å². The van der Waals surface area contributed by atoms with Gasteiger partial charge in [-0.25, -0.2) is 4.79 Å². The third kappa shape index (κ3) is 23.3. The molecule has 5 amide bonds. The lowest BCUT2D eigenvalue weighted by Crippen LogP contribution is -2.60. The number of nitrogens with two attached hydrogens (primary N) is 9. The number of aliphatic hydroxyl groups excluding tert-OH is 1. The predicted molar refractivity (Wildman–Crippen MR) is 226 cm³/mol. The van der Waals surface area contributed by atoms with E-state index in [4.69, 9.17) is 51.6 Å². The van der Waals surface area contributed by atoms with Gasteiger partial charge < -0.3 is 88.4 Å². The van der Waals surface area contributed by atoms with E-state index in [1.807, 2.05) is 0 Å². The third-order valence-electron chi connectivity index (χ3n) is 8.91. The number of amides is 5. The van der Waals surface area contributed by atoms with Gasteiger partial charge in [0.2, 0.25) is 29.5 Å². The maximum Gasteiger partial charge on any atom is 0.326 e. The fourth-order valence-corrected chi connectivity index (χ4v) is 5.33. The first-order valence-corrected chi connectivity index (χ1v) is 19.5. The van der Waals surface area contributed by atoms with E-state index in [-0.39, 0.29) is 101 Å². The highest BCUT2D eigenvalue weighted by Gasteiger charge is 2.34. The molecule has 0 aliphatic rings. The molecule has 8 atom stereocenters. The summed E-state index contributed by atoms with van der Waals surface area (Å²) in [6.45, 7) is 4.96. The van der Waals surface area contributed by atoms with Crippen LogP contribution < -0.4 is 78.2 Å². The number of hydrogen-bond acceptors (Lipinski definition) is 12. The van der Waals surface area contributed by atoms with Gasteiger partial charge in [0.1, 0.15) is 36.3 Å². The number of carboxylic acids is 1. The Morgan fingerprint density at radius 2 is 0.767 bits per heavy atom. The molecule has 342 valence electrons. The number of nitrogens with one attached hydrogen (secondary N) is 5. The summed E-state index contributed by atoms with van der Waals surface area (Å²) < 4.78 is 0. The quantitative estimate of drug-likeness (QED) is 0.0181. The highest BCUT2D eigenvalue weighted by atomic mass is 16.4. The lowest BCUT2D eigenvalue weighted by molar-refractivity contribution is -0.144. The molecule has 0 spiro atoms. The van der Waals surface area contributed by atoms with E-state index in [9.17, 15) is 39.0 Å². The SMILES string of the molecule is CC[C@H](C)[C@H](NC(=O)[C@H](CCCN=C(N)N)NC(=O)[C@H](CCCN=C(N)N)NC(=O)[C@H](CCCN=C(N)N)NC(=O)[C@H](CCCN=C(N)N)NC(=O)[C@@H](N)[C@@H](C)O)C(=O)O. The minimum absolute atomic E-state index is 0.0224. The van der Waals surface area contributed by atoms with Crippen LogP contribution in [0.3, 0.4) is 0 Å². The molecular weight excluding hydrogens is 788 g/mol. The van der Waals surface area contributed by atoms with Gasteiger partial charge in [-0.1, -0.05) is 20.3 Å². The molecule has 0 fully saturated rings. The molecule has 0 aromatic rings. The van der Waals surface area contributed by atoms with Gasteiger partial charge in [-0.05, 0) is 64.2 Å². The Labute approximate surface area is 349 Å². The number of carbonyl (C=O) groups excluding carboxylic acids is 5. The van der Waals surface area contributed by atoms with Crippen LogP contribution in [-0.4, -0.2) is 138 Å². The summed E-state index contributed by atoms with van der Waals surface area (Å²) in [6.07, 6.45) is -0.336. The van der Waals surface area contributed by atoms with Crippen molar-refractivity contribution in [2.45, 2.75) is 121 Å². The molecular formula is C34H68N18O8. The second kappa shape index (κ2) is 29.1. The van der Waals surface area contributed by atoms with Crippen LogP contribution in [0.5, 0.6) is 0 Å². The van der Waals surface area contributed by atoms with Crippen molar-refractivity contribution in [1.82, 2.24) is 26.6 Å². The summed E-state index contributed by atoms with van der Waals surface area (Å²) in [7, 11) is 0. The van der Waals surface area contributed by atoms with Crippen molar-refractivity contribution in [3.05, 3.63) is 0 Å². The summed E-state index contributed by atoms with van der Waals surface area (Å²) in [5.41, 5.74) is 49.3. The molecule has 0 aromatic heterocycles. The van der Waals surface area contributed by atoms with Gasteiger partial charge in [0, 0.05) is 26.2 Å². The van der Waals surface area contributed by atoms with E-state index in [1.165, 1.54) is 6.92 Å². The Morgan fingerprint density at radius 1 is 0.500 bits per heavy atom. The topological polar surface area (TPSA) is 487 Å². The number of aliphatic carboxylic acids is 1. The van der Waals surface area contributed by atoms with Gasteiger partial charge in [-0.3, -0.25) is 43.9 Å². The zero-order chi connectivity index (χ0) is 45.9. The second-order valence-electron chi connectivity index (χ2n) is 14.0. The molecule has 0 saturated carbocycles. The molecule has 0 saturated heterocycles.